The van der Waals surface area contributed by atoms with Gasteiger partial charge in [0, 0.05) is 0 Å². The van der Waals surface area contributed by atoms with Gasteiger partial charge >= 0.3 is 5.97 Å². The van der Waals surface area contributed by atoms with Gasteiger partial charge in [0.05, 0.1) is 6.61 Å². The summed E-state index contributed by atoms with van der Waals surface area (Å²) in [4.78, 5) is 9.96. The van der Waals surface area contributed by atoms with E-state index in [9.17, 15) is 4.79 Å². The number of aliphatic hydroxyl groups excluding tert-OH is 4. The SMILES string of the molecule is N.O=C(O)[C@@H](O)[C@H](O)[C@H](O)CO. The Bertz CT molecular complexity index is 140. The molecule has 0 aromatic rings. The van der Waals surface area contributed by atoms with Gasteiger partial charge < -0.3 is 31.7 Å². The predicted octanol–water partition coefficient (Wildman–Crippen LogP) is -2.69. The molecule has 12 heavy (non-hydrogen) atoms. The van der Waals surface area contributed by atoms with Gasteiger partial charge in [-0.3, -0.25) is 0 Å². The molecule has 0 heterocycles. The molecule has 0 aliphatic heterocycles. The summed E-state index contributed by atoms with van der Waals surface area (Å²) in [6.07, 6.45) is -5.57. The minimum Gasteiger partial charge on any atom is -0.479 e. The Balaban J connectivity index is 0. The summed E-state index contributed by atoms with van der Waals surface area (Å²) in [6, 6.07) is 0. The summed E-state index contributed by atoms with van der Waals surface area (Å²) < 4.78 is 0. The van der Waals surface area contributed by atoms with Crippen molar-refractivity contribution in [3.63, 3.8) is 0 Å². The number of hydrogen-bond donors (Lipinski definition) is 6. The molecule has 0 fully saturated rings. The smallest absolute Gasteiger partial charge is 0.335 e. The van der Waals surface area contributed by atoms with Crippen LogP contribution in [0.25, 0.3) is 0 Å². The summed E-state index contributed by atoms with van der Waals surface area (Å²) in [6.45, 7) is -0.800. The molecule has 8 N–H and O–H groups in total. The van der Waals surface area contributed by atoms with Gasteiger partial charge in [0.25, 0.3) is 0 Å². The maximum atomic E-state index is 9.96. The number of carboxylic acid groups (broad SMARTS) is 1. The first kappa shape index (κ1) is 13.8. The number of hydrogen-bond acceptors (Lipinski definition) is 6. The Hall–Kier alpha value is -0.730. The van der Waals surface area contributed by atoms with E-state index in [-0.39, 0.29) is 6.15 Å². The second-order valence-electron chi connectivity index (χ2n) is 2.02. The van der Waals surface area contributed by atoms with E-state index in [1.165, 1.54) is 0 Å². The van der Waals surface area contributed by atoms with Crippen molar-refractivity contribution >= 4 is 5.97 Å². The van der Waals surface area contributed by atoms with Crippen molar-refractivity contribution in [1.82, 2.24) is 6.15 Å². The fraction of sp³-hybridized carbons (Fsp3) is 0.800. The van der Waals surface area contributed by atoms with Crippen LogP contribution >= 0.6 is 0 Å². The Labute approximate surface area is 68.5 Å². The van der Waals surface area contributed by atoms with Crippen molar-refractivity contribution in [2.24, 2.45) is 0 Å². The van der Waals surface area contributed by atoms with Crippen molar-refractivity contribution in [3.8, 4) is 0 Å². The van der Waals surface area contributed by atoms with Crippen molar-refractivity contribution in [3.05, 3.63) is 0 Å². The van der Waals surface area contributed by atoms with Crippen LogP contribution in [0.1, 0.15) is 0 Å². The van der Waals surface area contributed by atoms with Crippen molar-refractivity contribution in [2.75, 3.05) is 6.61 Å². The molecule has 0 spiro atoms. The molecule has 3 atom stereocenters. The van der Waals surface area contributed by atoms with Crippen LogP contribution in [-0.4, -0.2) is 56.4 Å². The first-order valence-corrected chi connectivity index (χ1v) is 2.88. The van der Waals surface area contributed by atoms with Crippen molar-refractivity contribution < 1.29 is 30.3 Å². The fourth-order valence-electron chi connectivity index (χ4n) is 0.465. The molecule has 0 amide bonds. The normalized spacial score (nSPS) is 17.3. The molecule has 0 saturated carbocycles. The van der Waals surface area contributed by atoms with Crippen molar-refractivity contribution in [2.45, 2.75) is 18.3 Å². The van der Waals surface area contributed by atoms with Crippen LogP contribution in [0.15, 0.2) is 0 Å². The maximum absolute atomic E-state index is 9.96. The zero-order valence-corrected chi connectivity index (χ0v) is 6.29. The largest absolute Gasteiger partial charge is 0.479 e. The number of carboxylic acids is 1. The molecule has 7 nitrogen and oxygen atoms in total. The van der Waals surface area contributed by atoms with Gasteiger partial charge in [0.1, 0.15) is 12.2 Å². The molecule has 0 aliphatic carbocycles. The molecular formula is C5H13NO6. The highest BCUT2D eigenvalue weighted by molar-refractivity contribution is 5.72. The third-order valence-electron chi connectivity index (χ3n) is 1.16. The molecule has 0 aromatic carbocycles. The van der Waals surface area contributed by atoms with E-state index < -0.39 is 30.9 Å². The Morgan fingerprint density at radius 1 is 1.25 bits per heavy atom. The Morgan fingerprint density at radius 2 is 1.67 bits per heavy atom. The summed E-state index contributed by atoms with van der Waals surface area (Å²) in [5.74, 6) is -1.65. The zero-order chi connectivity index (χ0) is 9.02. The quantitative estimate of drug-likeness (QED) is 0.277. The highest BCUT2D eigenvalue weighted by Crippen LogP contribution is 1.99. The Morgan fingerprint density at radius 3 is 1.92 bits per heavy atom. The highest BCUT2D eigenvalue weighted by Gasteiger charge is 2.29. The fourth-order valence-corrected chi connectivity index (χ4v) is 0.465. The second-order valence-corrected chi connectivity index (χ2v) is 2.02. The van der Waals surface area contributed by atoms with Crippen molar-refractivity contribution in [1.29, 1.82) is 0 Å². The van der Waals surface area contributed by atoms with Crippen LogP contribution in [-0.2, 0) is 4.79 Å². The highest BCUT2D eigenvalue weighted by atomic mass is 16.4. The molecule has 0 unspecified atom stereocenters. The van der Waals surface area contributed by atoms with Gasteiger partial charge in [-0.25, -0.2) is 4.79 Å². The van der Waals surface area contributed by atoms with Crippen LogP contribution in [0.5, 0.6) is 0 Å². The van der Waals surface area contributed by atoms with Crippen LogP contribution < -0.4 is 6.15 Å². The summed E-state index contributed by atoms with van der Waals surface area (Å²) >= 11 is 0. The lowest BCUT2D eigenvalue weighted by Gasteiger charge is -2.17. The molecule has 0 aliphatic rings. The molecule has 0 radical (unpaired) electrons. The van der Waals surface area contributed by atoms with E-state index in [2.05, 4.69) is 0 Å². The Kier molecular flexibility index (Phi) is 6.76. The first-order valence-electron chi connectivity index (χ1n) is 2.88. The number of aliphatic hydroxyl groups is 4. The van der Waals surface area contributed by atoms with Crippen LogP contribution in [0.4, 0.5) is 0 Å². The van der Waals surface area contributed by atoms with E-state index in [0.717, 1.165) is 0 Å². The van der Waals surface area contributed by atoms with Crippen LogP contribution in [0, 0.1) is 0 Å². The van der Waals surface area contributed by atoms with E-state index in [1.54, 1.807) is 0 Å². The molecule has 0 rings (SSSR count). The first-order chi connectivity index (χ1) is 5.00. The summed E-state index contributed by atoms with van der Waals surface area (Å²) in [5.41, 5.74) is 0. The van der Waals surface area contributed by atoms with Gasteiger partial charge in [-0.15, -0.1) is 0 Å². The molecule has 0 saturated heterocycles. The zero-order valence-electron chi connectivity index (χ0n) is 6.29. The second kappa shape index (κ2) is 5.86. The monoisotopic (exact) mass is 183 g/mol. The van der Waals surface area contributed by atoms with E-state index in [1.807, 2.05) is 0 Å². The molecule has 7 heteroatoms. The van der Waals surface area contributed by atoms with Gasteiger partial charge in [0.2, 0.25) is 0 Å². The van der Waals surface area contributed by atoms with Gasteiger partial charge in [0.15, 0.2) is 6.10 Å². The van der Waals surface area contributed by atoms with Gasteiger partial charge in [-0.2, -0.15) is 0 Å². The average molecular weight is 183 g/mol. The number of aliphatic carboxylic acids is 1. The minimum absolute atomic E-state index is 0. The lowest BCUT2D eigenvalue weighted by Crippen LogP contribution is -2.43. The molecular weight excluding hydrogens is 170 g/mol. The molecule has 74 valence electrons. The number of rotatable bonds is 4. The lowest BCUT2D eigenvalue weighted by atomic mass is 10.1. The topological polar surface area (TPSA) is 153 Å². The predicted molar refractivity (Wildman–Crippen MR) is 37.8 cm³/mol. The van der Waals surface area contributed by atoms with Crippen LogP contribution in [0.2, 0.25) is 0 Å². The summed E-state index contributed by atoms with van der Waals surface area (Å²) in [7, 11) is 0. The molecule has 0 aromatic heterocycles. The van der Waals surface area contributed by atoms with Gasteiger partial charge in [-0.05, 0) is 0 Å². The molecule has 0 bridgehead atoms. The van der Waals surface area contributed by atoms with E-state index in [4.69, 9.17) is 25.5 Å². The maximum Gasteiger partial charge on any atom is 0.335 e. The van der Waals surface area contributed by atoms with Gasteiger partial charge in [-0.1, -0.05) is 0 Å². The standard InChI is InChI=1S/C5H10O6.H3N/c6-1-2(7)3(8)4(9)5(10)11;/h2-4,6-9H,1H2,(H,10,11);1H3/t2-,3-,4+;/m1./s1. The average Bonchev–Trinajstić information content (AvgIpc) is 2.00. The third-order valence-corrected chi connectivity index (χ3v) is 1.16. The van der Waals surface area contributed by atoms with Crippen LogP contribution in [0.3, 0.4) is 0 Å². The number of carbonyl (C=O) groups is 1. The third kappa shape index (κ3) is 3.60. The summed E-state index contributed by atoms with van der Waals surface area (Å²) in [5, 5.41) is 42.2. The van der Waals surface area contributed by atoms with E-state index in [0.29, 0.717) is 0 Å². The lowest BCUT2D eigenvalue weighted by molar-refractivity contribution is -0.159. The van der Waals surface area contributed by atoms with E-state index >= 15 is 0 Å². The minimum atomic E-state index is -2.07.